The molecular weight excluding hydrogens is 314 g/mol. The number of aryl methyl sites for hydroxylation is 3. The molecule has 0 aliphatic carbocycles. The standard InChI is InChI=1S/C17H16ClN3O2/c1-10-7-11(2)19-15-14(10)16(22)21(17(23)20(15)3)9-12-5-4-6-13(18)8-12/h4-8H,9H2,1-3H3. The second-order valence-electron chi connectivity index (χ2n) is 5.64. The number of benzene rings is 1. The molecule has 1 aromatic carbocycles. The molecule has 0 aliphatic rings. The number of rotatable bonds is 2. The van der Waals surface area contributed by atoms with Gasteiger partial charge in [-0.15, -0.1) is 0 Å². The Balaban J connectivity index is 2.30. The molecule has 0 bridgehead atoms. The molecule has 0 unspecified atom stereocenters. The third kappa shape index (κ3) is 2.68. The van der Waals surface area contributed by atoms with Gasteiger partial charge in [-0.1, -0.05) is 23.7 Å². The van der Waals surface area contributed by atoms with Crippen molar-refractivity contribution in [2.45, 2.75) is 20.4 Å². The number of halogens is 1. The summed E-state index contributed by atoms with van der Waals surface area (Å²) in [7, 11) is 1.63. The van der Waals surface area contributed by atoms with Crippen molar-refractivity contribution in [2.24, 2.45) is 7.05 Å². The van der Waals surface area contributed by atoms with Gasteiger partial charge in [0.25, 0.3) is 5.56 Å². The van der Waals surface area contributed by atoms with Crippen LogP contribution in [0.25, 0.3) is 11.0 Å². The number of fused-ring (bicyclic) bond motifs is 1. The van der Waals surface area contributed by atoms with E-state index >= 15 is 0 Å². The van der Waals surface area contributed by atoms with Gasteiger partial charge >= 0.3 is 5.69 Å². The number of hydrogen-bond donors (Lipinski definition) is 0. The van der Waals surface area contributed by atoms with E-state index in [1.165, 1.54) is 9.13 Å². The van der Waals surface area contributed by atoms with E-state index in [1.807, 2.05) is 26.0 Å². The predicted octanol–water partition coefficient (Wildman–Crippen LogP) is 2.41. The fourth-order valence-corrected chi connectivity index (χ4v) is 2.99. The number of nitrogens with zero attached hydrogens (tertiary/aromatic N) is 3. The molecule has 0 N–H and O–H groups in total. The minimum Gasteiger partial charge on any atom is -0.280 e. The molecule has 2 heterocycles. The van der Waals surface area contributed by atoms with Gasteiger partial charge in [0.05, 0.1) is 11.9 Å². The highest BCUT2D eigenvalue weighted by atomic mass is 35.5. The maximum Gasteiger partial charge on any atom is 0.332 e. The lowest BCUT2D eigenvalue weighted by atomic mass is 10.1. The first-order chi connectivity index (χ1) is 10.9. The van der Waals surface area contributed by atoms with Crippen LogP contribution in [0.2, 0.25) is 5.02 Å². The van der Waals surface area contributed by atoms with E-state index in [2.05, 4.69) is 4.98 Å². The van der Waals surface area contributed by atoms with Crippen LogP contribution in [0.15, 0.2) is 39.9 Å². The highest BCUT2D eigenvalue weighted by Gasteiger charge is 2.14. The molecule has 0 saturated heterocycles. The molecule has 0 spiro atoms. The monoisotopic (exact) mass is 329 g/mol. The van der Waals surface area contributed by atoms with Crippen LogP contribution in [-0.4, -0.2) is 14.1 Å². The Morgan fingerprint density at radius 3 is 2.61 bits per heavy atom. The van der Waals surface area contributed by atoms with Crippen molar-refractivity contribution in [1.29, 1.82) is 0 Å². The summed E-state index contributed by atoms with van der Waals surface area (Å²) in [6.07, 6.45) is 0. The molecule has 6 heteroatoms. The van der Waals surface area contributed by atoms with Crippen LogP contribution in [0.1, 0.15) is 16.8 Å². The van der Waals surface area contributed by atoms with Crippen LogP contribution >= 0.6 is 11.6 Å². The number of hydrogen-bond acceptors (Lipinski definition) is 3. The Kier molecular flexibility index (Phi) is 3.82. The molecule has 0 atom stereocenters. The second-order valence-corrected chi connectivity index (χ2v) is 6.08. The van der Waals surface area contributed by atoms with Crippen LogP contribution in [0.4, 0.5) is 0 Å². The van der Waals surface area contributed by atoms with E-state index in [0.717, 1.165) is 16.8 Å². The summed E-state index contributed by atoms with van der Waals surface area (Å²) >= 11 is 5.98. The van der Waals surface area contributed by atoms with Gasteiger partial charge in [0, 0.05) is 17.8 Å². The van der Waals surface area contributed by atoms with Crippen molar-refractivity contribution in [1.82, 2.24) is 14.1 Å². The molecule has 2 aromatic heterocycles. The van der Waals surface area contributed by atoms with Gasteiger partial charge in [0.2, 0.25) is 0 Å². The summed E-state index contributed by atoms with van der Waals surface area (Å²) in [6.45, 7) is 3.87. The molecule has 3 rings (SSSR count). The number of pyridine rings is 1. The zero-order valence-electron chi connectivity index (χ0n) is 13.1. The van der Waals surface area contributed by atoms with Gasteiger partial charge < -0.3 is 0 Å². The van der Waals surface area contributed by atoms with E-state index in [-0.39, 0.29) is 17.8 Å². The fraction of sp³-hybridized carbons (Fsp3) is 0.235. The summed E-state index contributed by atoms with van der Waals surface area (Å²) in [5, 5.41) is 1.04. The van der Waals surface area contributed by atoms with Crippen molar-refractivity contribution >= 4 is 22.6 Å². The van der Waals surface area contributed by atoms with Crippen LogP contribution in [0.5, 0.6) is 0 Å². The van der Waals surface area contributed by atoms with Crippen molar-refractivity contribution < 1.29 is 0 Å². The topological polar surface area (TPSA) is 56.9 Å². The SMILES string of the molecule is Cc1cc(C)c2c(=O)n(Cc3cccc(Cl)c3)c(=O)n(C)c2n1. The minimum atomic E-state index is -0.389. The predicted molar refractivity (Wildman–Crippen MR) is 91.3 cm³/mol. The zero-order valence-corrected chi connectivity index (χ0v) is 13.9. The summed E-state index contributed by atoms with van der Waals surface area (Å²) in [5.41, 5.74) is 2.09. The van der Waals surface area contributed by atoms with Gasteiger partial charge in [-0.25, -0.2) is 9.78 Å². The molecule has 0 saturated carbocycles. The minimum absolute atomic E-state index is 0.176. The van der Waals surface area contributed by atoms with Crippen LogP contribution in [0, 0.1) is 13.8 Å². The quantitative estimate of drug-likeness (QED) is 0.725. The smallest absolute Gasteiger partial charge is 0.280 e. The van der Waals surface area contributed by atoms with Gasteiger partial charge in [-0.3, -0.25) is 13.9 Å². The van der Waals surface area contributed by atoms with Crippen LogP contribution in [-0.2, 0) is 13.6 Å². The third-order valence-corrected chi connectivity index (χ3v) is 4.08. The molecule has 118 valence electrons. The molecule has 23 heavy (non-hydrogen) atoms. The van der Waals surface area contributed by atoms with Gasteiger partial charge in [0.1, 0.15) is 5.65 Å². The first-order valence-corrected chi connectivity index (χ1v) is 7.58. The maximum absolute atomic E-state index is 12.8. The summed E-state index contributed by atoms with van der Waals surface area (Å²) < 4.78 is 2.64. The summed E-state index contributed by atoms with van der Waals surface area (Å²) in [4.78, 5) is 29.7. The molecular formula is C17H16ClN3O2. The van der Waals surface area contributed by atoms with Crippen molar-refractivity contribution in [3.63, 3.8) is 0 Å². The first-order valence-electron chi connectivity index (χ1n) is 7.20. The summed E-state index contributed by atoms with van der Waals surface area (Å²) in [5.74, 6) is 0. The molecule has 5 nitrogen and oxygen atoms in total. The molecule has 0 amide bonds. The van der Waals surface area contributed by atoms with Crippen molar-refractivity contribution in [3.05, 3.63) is 73.0 Å². The van der Waals surface area contributed by atoms with E-state index in [4.69, 9.17) is 11.6 Å². The Labute approximate surface area is 137 Å². The van der Waals surface area contributed by atoms with E-state index in [9.17, 15) is 9.59 Å². The van der Waals surface area contributed by atoms with Gasteiger partial charge in [-0.05, 0) is 43.2 Å². The molecule has 0 radical (unpaired) electrons. The maximum atomic E-state index is 12.8. The van der Waals surface area contributed by atoms with E-state index < -0.39 is 0 Å². The molecule has 0 aliphatic heterocycles. The Morgan fingerprint density at radius 1 is 1.17 bits per heavy atom. The number of aromatic nitrogens is 3. The second kappa shape index (κ2) is 5.66. The highest BCUT2D eigenvalue weighted by molar-refractivity contribution is 6.30. The van der Waals surface area contributed by atoms with Crippen LogP contribution in [0.3, 0.4) is 0 Å². The Hall–Kier alpha value is -2.40. The summed E-state index contributed by atoms with van der Waals surface area (Å²) in [6, 6.07) is 8.98. The lowest BCUT2D eigenvalue weighted by molar-refractivity contribution is 0.656. The largest absolute Gasteiger partial charge is 0.332 e. The zero-order chi connectivity index (χ0) is 16.7. The lowest BCUT2D eigenvalue weighted by Gasteiger charge is -2.12. The molecule has 3 aromatic rings. The van der Waals surface area contributed by atoms with Crippen molar-refractivity contribution in [2.75, 3.05) is 0 Å². The van der Waals surface area contributed by atoms with Gasteiger partial charge in [0.15, 0.2) is 0 Å². The lowest BCUT2D eigenvalue weighted by Crippen LogP contribution is -2.40. The van der Waals surface area contributed by atoms with Crippen molar-refractivity contribution in [3.8, 4) is 0 Å². The third-order valence-electron chi connectivity index (χ3n) is 3.85. The molecule has 0 fully saturated rings. The fourth-order valence-electron chi connectivity index (χ4n) is 2.77. The van der Waals surface area contributed by atoms with E-state index in [1.54, 1.807) is 25.2 Å². The Bertz CT molecular complexity index is 1030. The van der Waals surface area contributed by atoms with Crippen LogP contribution < -0.4 is 11.2 Å². The van der Waals surface area contributed by atoms with Gasteiger partial charge in [-0.2, -0.15) is 0 Å². The average molecular weight is 330 g/mol. The normalized spacial score (nSPS) is 11.1. The Morgan fingerprint density at radius 2 is 1.91 bits per heavy atom. The highest BCUT2D eigenvalue weighted by Crippen LogP contribution is 2.14. The first kappa shape index (κ1) is 15.5. The average Bonchev–Trinajstić information content (AvgIpc) is 2.48. The van der Waals surface area contributed by atoms with E-state index in [0.29, 0.717) is 16.1 Å².